The average molecular weight is 307 g/mol. The van der Waals surface area contributed by atoms with Crippen LogP contribution in [-0.2, 0) is 4.74 Å². The highest BCUT2D eigenvalue weighted by atomic mass is 16.5. The summed E-state index contributed by atoms with van der Waals surface area (Å²) in [5, 5.41) is 3.24. The Morgan fingerprint density at radius 2 is 1.70 bits per heavy atom. The summed E-state index contributed by atoms with van der Waals surface area (Å²) in [5.41, 5.74) is 3.89. The number of nitrogens with zero attached hydrogens (tertiary/aromatic N) is 2. The van der Waals surface area contributed by atoms with Crippen molar-refractivity contribution in [3.05, 3.63) is 59.8 Å². The van der Waals surface area contributed by atoms with Crippen LogP contribution in [0.1, 0.15) is 23.0 Å². The number of aryl methyl sites for hydroxylation is 1. The van der Waals surface area contributed by atoms with Gasteiger partial charge in [0.2, 0.25) is 0 Å². The van der Waals surface area contributed by atoms with Gasteiger partial charge in [-0.25, -0.2) is 14.8 Å². The van der Waals surface area contributed by atoms with Gasteiger partial charge in [0.15, 0.2) is 5.82 Å². The van der Waals surface area contributed by atoms with Crippen molar-refractivity contribution in [3.8, 4) is 0 Å². The van der Waals surface area contributed by atoms with E-state index < -0.39 is 0 Å². The van der Waals surface area contributed by atoms with Gasteiger partial charge in [-0.15, -0.1) is 0 Å². The van der Waals surface area contributed by atoms with Gasteiger partial charge < -0.3 is 10.1 Å². The fraction of sp³-hybridized carbons (Fsp3) is 0.167. The lowest BCUT2D eigenvalue weighted by Gasteiger charge is -2.10. The Bertz CT molecular complexity index is 845. The lowest BCUT2D eigenvalue weighted by molar-refractivity contribution is 0.0526. The number of anilines is 2. The molecule has 2 aromatic carbocycles. The largest absolute Gasteiger partial charge is 0.462 e. The summed E-state index contributed by atoms with van der Waals surface area (Å²) in [7, 11) is 0. The zero-order valence-corrected chi connectivity index (χ0v) is 13.0. The molecule has 0 amide bonds. The predicted molar refractivity (Wildman–Crippen MR) is 90.0 cm³/mol. The maximum Gasteiger partial charge on any atom is 0.338 e. The normalized spacial score (nSPS) is 10.5. The van der Waals surface area contributed by atoms with Gasteiger partial charge in [0.05, 0.1) is 28.9 Å². The number of carbonyl (C=O) groups is 1. The lowest BCUT2D eigenvalue weighted by atomic mass is 10.2. The van der Waals surface area contributed by atoms with Crippen LogP contribution in [0.2, 0.25) is 0 Å². The molecule has 23 heavy (non-hydrogen) atoms. The van der Waals surface area contributed by atoms with Crippen LogP contribution in [-0.4, -0.2) is 22.5 Å². The Morgan fingerprint density at radius 3 is 2.35 bits per heavy atom. The quantitative estimate of drug-likeness (QED) is 0.741. The highest BCUT2D eigenvalue weighted by Crippen LogP contribution is 2.21. The first kappa shape index (κ1) is 15.0. The molecule has 0 spiro atoms. The number of hydrogen-bond acceptors (Lipinski definition) is 5. The van der Waals surface area contributed by atoms with Crippen LogP contribution in [0.15, 0.2) is 48.5 Å². The number of carbonyl (C=O) groups excluding carboxylic acids is 1. The number of hydrogen-bond donors (Lipinski definition) is 1. The molecule has 5 heteroatoms. The third kappa shape index (κ3) is 3.29. The van der Waals surface area contributed by atoms with Gasteiger partial charge in [-0.2, -0.15) is 0 Å². The van der Waals surface area contributed by atoms with Gasteiger partial charge in [-0.3, -0.25) is 0 Å². The number of rotatable bonds is 4. The second-order valence-corrected chi connectivity index (χ2v) is 5.07. The van der Waals surface area contributed by atoms with Crippen molar-refractivity contribution in [2.45, 2.75) is 13.8 Å². The second kappa shape index (κ2) is 6.44. The number of benzene rings is 2. The Morgan fingerprint density at radius 1 is 1.04 bits per heavy atom. The molecule has 0 saturated heterocycles. The summed E-state index contributed by atoms with van der Waals surface area (Å²) in [4.78, 5) is 20.8. The monoisotopic (exact) mass is 307 g/mol. The zero-order chi connectivity index (χ0) is 16.2. The minimum absolute atomic E-state index is 0.319. The molecular formula is C18H17N3O2. The van der Waals surface area contributed by atoms with Gasteiger partial charge in [-0.05, 0) is 50.2 Å². The molecule has 0 bridgehead atoms. The fourth-order valence-corrected chi connectivity index (χ4v) is 2.25. The number of aromatic nitrogens is 2. The van der Waals surface area contributed by atoms with Crippen molar-refractivity contribution in [3.63, 3.8) is 0 Å². The predicted octanol–water partition coefficient (Wildman–Crippen LogP) is 3.86. The van der Waals surface area contributed by atoms with Crippen LogP contribution in [0.25, 0.3) is 11.0 Å². The number of esters is 1. The molecule has 0 saturated carbocycles. The maximum atomic E-state index is 11.6. The summed E-state index contributed by atoms with van der Waals surface area (Å²) in [6.45, 7) is 4.06. The number of ether oxygens (including phenoxy) is 1. The van der Waals surface area contributed by atoms with Crippen molar-refractivity contribution in [1.82, 2.24) is 9.97 Å². The lowest BCUT2D eigenvalue weighted by Crippen LogP contribution is -2.04. The molecular weight excluding hydrogens is 290 g/mol. The molecule has 1 heterocycles. The van der Waals surface area contributed by atoms with E-state index in [-0.39, 0.29) is 5.97 Å². The molecule has 0 aliphatic rings. The summed E-state index contributed by atoms with van der Waals surface area (Å²) in [6.07, 6.45) is 0. The van der Waals surface area contributed by atoms with E-state index in [2.05, 4.69) is 15.3 Å². The SMILES string of the molecule is CCOC(=O)c1ccc(Nc2nc3ccccc3nc2C)cc1. The standard InChI is InChI=1S/C18H17N3O2/c1-3-23-18(22)13-8-10-14(11-9-13)20-17-12(2)19-15-6-4-5-7-16(15)21-17/h4-11H,3H2,1-2H3,(H,20,21). The minimum atomic E-state index is -0.319. The van der Waals surface area contributed by atoms with E-state index >= 15 is 0 Å². The Kier molecular flexibility index (Phi) is 4.19. The highest BCUT2D eigenvalue weighted by Gasteiger charge is 2.08. The van der Waals surface area contributed by atoms with Crippen molar-refractivity contribution < 1.29 is 9.53 Å². The van der Waals surface area contributed by atoms with E-state index in [9.17, 15) is 4.79 Å². The first-order chi connectivity index (χ1) is 11.2. The van der Waals surface area contributed by atoms with E-state index in [1.807, 2.05) is 43.3 Å². The molecule has 0 atom stereocenters. The van der Waals surface area contributed by atoms with E-state index in [1.165, 1.54) is 0 Å². The fourth-order valence-electron chi connectivity index (χ4n) is 2.25. The molecule has 3 rings (SSSR count). The van der Waals surface area contributed by atoms with Gasteiger partial charge in [-0.1, -0.05) is 12.1 Å². The molecule has 0 radical (unpaired) electrons. The molecule has 1 aromatic heterocycles. The molecule has 0 aliphatic heterocycles. The van der Waals surface area contributed by atoms with E-state index in [4.69, 9.17) is 4.74 Å². The van der Waals surface area contributed by atoms with Crippen molar-refractivity contribution in [1.29, 1.82) is 0 Å². The third-order valence-electron chi connectivity index (χ3n) is 3.40. The van der Waals surface area contributed by atoms with Crippen LogP contribution >= 0.6 is 0 Å². The first-order valence-electron chi connectivity index (χ1n) is 7.45. The summed E-state index contributed by atoms with van der Waals surface area (Å²) in [5.74, 6) is 0.383. The molecule has 0 unspecified atom stereocenters. The summed E-state index contributed by atoms with van der Waals surface area (Å²) < 4.78 is 4.97. The maximum absolute atomic E-state index is 11.6. The Balaban J connectivity index is 1.84. The molecule has 5 nitrogen and oxygen atoms in total. The zero-order valence-electron chi connectivity index (χ0n) is 13.0. The number of nitrogens with one attached hydrogen (secondary N) is 1. The van der Waals surface area contributed by atoms with Gasteiger partial charge in [0.1, 0.15) is 0 Å². The van der Waals surface area contributed by atoms with Crippen molar-refractivity contribution >= 4 is 28.5 Å². The second-order valence-electron chi connectivity index (χ2n) is 5.07. The van der Waals surface area contributed by atoms with Gasteiger partial charge in [0, 0.05) is 5.69 Å². The molecule has 116 valence electrons. The smallest absolute Gasteiger partial charge is 0.338 e. The summed E-state index contributed by atoms with van der Waals surface area (Å²) >= 11 is 0. The average Bonchev–Trinajstić information content (AvgIpc) is 2.56. The third-order valence-corrected chi connectivity index (χ3v) is 3.40. The highest BCUT2D eigenvalue weighted by molar-refractivity contribution is 5.90. The van der Waals surface area contributed by atoms with Crippen LogP contribution < -0.4 is 5.32 Å². The molecule has 0 fully saturated rings. The molecule has 3 aromatic rings. The summed E-state index contributed by atoms with van der Waals surface area (Å²) in [6, 6.07) is 14.8. The molecule has 1 N–H and O–H groups in total. The Hall–Kier alpha value is -2.95. The van der Waals surface area contributed by atoms with E-state index in [0.29, 0.717) is 18.0 Å². The molecule has 0 aliphatic carbocycles. The minimum Gasteiger partial charge on any atom is -0.462 e. The van der Waals surface area contributed by atoms with Crippen LogP contribution in [0, 0.1) is 6.92 Å². The van der Waals surface area contributed by atoms with Gasteiger partial charge in [0.25, 0.3) is 0 Å². The van der Waals surface area contributed by atoms with E-state index in [0.717, 1.165) is 22.4 Å². The van der Waals surface area contributed by atoms with Gasteiger partial charge >= 0.3 is 5.97 Å². The van der Waals surface area contributed by atoms with E-state index in [1.54, 1.807) is 19.1 Å². The first-order valence-corrected chi connectivity index (χ1v) is 7.45. The van der Waals surface area contributed by atoms with Crippen LogP contribution in [0.5, 0.6) is 0 Å². The topological polar surface area (TPSA) is 64.1 Å². The van der Waals surface area contributed by atoms with Crippen LogP contribution in [0.3, 0.4) is 0 Å². The van der Waals surface area contributed by atoms with Crippen LogP contribution in [0.4, 0.5) is 11.5 Å². The number of para-hydroxylation sites is 2. The van der Waals surface area contributed by atoms with Crippen molar-refractivity contribution in [2.75, 3.05) is 11.9 Å². The Labute approximate surface area is 134 Å². The number of fused-ring (bicyclic) bond motifs is 1. The van der Waals surface area contributed by atoms with Crippen molar-refractivity contribution in [2.24, 2.45) is 0 Å².